The molecule has 2 aromatic rings. The molecule has 0 saturated carbocycles. The highest BCUT2D eigenvalue weighted by Crippen LogP contribution is 2.14. The maximum atomic E-state index is 12.7. The average Bonchev–Trinajstić information content (AvgIpc) is 2.73. The highest BCUT2D eigenvalue weighted by Gasteiger charge is 1.99. The van der Waals surface area contributed by atoms with Crippen molar-refractivity contribution in [3.05, 3.63) is 57.5 Å². The molecule has 0 fully saturated rings. The van der Waals surface area contributed by atoms with Crippen molar-refractivity contribution < 1.29 is 4.39 Å². The first-order valence-corrected chi connectivity index (χ1v) is 6.62. The molecule has 2 rings (SSSR count). The third kappa shape index (κ3) is 3.65. The molecule has 0 aliphatic rings. The van der Waals surface area contributed by atoms with Crippen LogP contribution in [-0.2, 0) is 13.0 Å². The van der Waals surface area contributed by atoms with Crippen LogP contribution in [0.3, 0.4) is 0 Å². The molecule has 0 bridgehead atoms. The van der Waals surface area contributed by atoms with Gasteiger partial charge in [-0.15, -0.1) is 11.3 Å². The van der Waals surface area contributed by atoms with Crippen LogP contribution in [0.5, 0.6) is 0 Å². The molecular weight excluding hydrogens is 233 g/mol. The predicted octanol–water partition coefficient (Wildman–Crippen LogP) is 3.53. The average molecular weight is 249 g/mol. The van der Waals surface area contributed by atoms with E-state index >= 15 is 0 Å². The van der Waals surface area contributed by atoms with E-state index in [9.17, 15) is 4.39 Å². The van der Waals surface area contributed by atoms with Gasteiger partial charge in [-0.25, -0.2) is 4.39 Å². The summed E-state index contributed by atoms with van der Waals surface area (Å²) in [5.41, 5.74) is 2.52. The van der Waals surface area contributed by atoms with Crippen molar-refractivity contribution in [1.29, 1.82) is 0 Å². The molecule has 90 valence electrons. The van der Waals surface area contributed by atoms with Crippen LogP contribution in [0.2, 0.25) is 0 Å². The number of thiophene rings is 1. The van der Waals surface area contributed by atoms with Gasteiger partial charge in [0.1, 0.15) is 5.82 Å². The Morgan fingerprint density at radius 3 is 2.59 bits per heavy atom. The first kappa shape index (κ1) is 12.3. The lowest BCUT2D eigenvalue weighted by atomic mass is 10.1. The summed E-state index contributed by atoms with van der Waals surface area (Å²) >= 11 is 1.79. The molecule has 0 atom stereocenters. The topological polar surface area (TPSA) is 12.0 Å². The van der Waals surface area contributed by atoms with Gasteiger partial charge in [-0.05, 0) is 54.6 Å². The molecule has 3 heteroatoms. The van der Waals surface area contributed by atoms with Gasteiger partial charge in [0.15, 0.2) is 0 Å². The van der Waals surface area contributed by atoms with Crippen molar-refractivity contribution in [2.24, 2.45) is 0 Å². The fraction of sp³-hybridized carbons (Fsp3) is 0.286. The second kappa shape index (κ2) is 5.94. The van der Waals surface area contributed by atoms with Gasteiger partial charge in [0, 0.05) is 11.4 Å². The molecule has 0 amide bonds. The highest BCUT2D eigenvalue weighted by atomic mass is 32.1. The van der Waals surface area contributed by atoms with E-state index in [0.29, 0.717) is 0 Å². The summed E-state index contributed by atoms with van der Waals surface area (Å²) in [6.45, 7) is 3.97. The zero-order chi connectivity index (χ0) is 12.1. The maximum Gasteiger partial charge on any atom is 0.123 e. The van der Waals surface area contributed by atoms with Gasteiger partial charge in [-0.1, -0.05) is 12.1 Å². The molecule has 1 aromatic carbocycles. The summed E-state index contributed by atoms with van der Waals surface area (Å²) in [5, 5.41) is 5.53. The van der Waals surface area contributed by atoms with Crippen LogP contribution in [0.15, 0.2) is 35.7 Å². The van der Waals surface area contributed by atoms with Gasteiger partial charge in [-0.2, -0.15) is 0 Å². The maximum absolute atomic E-state index is 12.7. The van der Waals surface area contributed by atoms with Crippen LogP contribution in [0.4, 0.5) is 4.39 Å². The van der Waals surface area contributed by atoms with Crippen molar-refractivity contribution >= 4 is 11.3 Å². The zero-order valence-corrected chi connectivity index (χ0v) is 10.7. The lowest BCUT2D eigenvalue weighted by Gasteiger charge is -2.04. The largest absolute Gasteiger partial charge is 0.312 e. The minimum absolute atomic E-state index is 0.170. The number of hydrogen-bond donors (Lipinski definition) is 1. The minimum Gasteiger partial charge on any atom is -0.312 e. The van der Waals surface area contributed by atoms with Crippen molar-refractivity contribution in [1.82, 2.24) is 5.32 Å². The zero-order valence-electron chi connectivity index (χ0n) is 9.87. The molecular formula is C14H16FNS. The molecule has 0 aliphatic carbocycles. The number of hydrogen-bond acceptors (Lipinski definition) is 2. The lowest BCUT2D eigenvalue weighted by Crippen LogP contribution is -2.16. The van der Waals surface area contributed by atoms with E-state index in [-0.39, 0.29) is 5.82 Å². The van der Waals surface area contributed by atoms with Crippen LogP contribution in [0, 0.1) is 12.7 Å². The van der Waals surface area contributed by atoms with Crippen LogP contribution in [0.1, 0.15) is 16.0 Å². The van der Waals surface area contributed by atoms with Crippen LogP contribution in [0.25, 0.3) is 0 Å². The smallest absolute Gasteiger partial charge is 0.123 e. The first-order chi connectivity index (χ1) is 8.25. The van der Waals surface area contributed by atoms with Gasteiger partial charge >= 0.3 is 0 Å². The second-order valence-electron chi connectivity index (χ2n) is 4.08. The molecule has 1 aromatic heterocycles. The Balaban J connectivity index is 1.73. The Kier molecular flexibility index (Phi) is 4.29. The molecule has 0 aliphatic heterocycles. The van der Waals surface area contributed by atoms with E-state index in [1.54, 1.807) is 11.3 Å². The van der Waals surface area contributed by atoms with Gasteiger partial charge < -0.3 is 5.32 Å². The van der Waals surface area contributed by atoms with E-state index in [4.69, 9.17) is 0 Å². The Morgan fingerprint density at radius 1 is 1.18 bits per heavy atom. The summed E-state index contributed by atoms with van der Waals surface area (Å²) in [6, 6.07) is 8.85. The Morgan fingerprint density at radius 2 is 1.94 bits per heavy atom. The Bertz CT molecular complexity index is 461. The Labute approximate surface area is 105 Å². The fourth-order valence-electron chi connectivity index (χ4n) is 1.67. The monoisotopic (exact) mass is 249 g/mol. The SMILES string of the molecule is Cc1ccsc1CNCCc1ccc(F)cc1. The third-order valence-corrected chi connectivity index (χ3v) is 3.78. The fourth-order valence-corrected chi connectivity index (χ4v) is 2.55. The standard InChI is InChI=1S/C14H16FNS/c1-11-7-9-17-14(11)10-16-8-6-12-2-4-13(15)5-3-12/h2-5,7,9,16H,6,8,10H2,1H3. The van der Waals surface area contributed by atoms with Gasteiger partial charge in [0.05, 0.1) is 0 Å². The van der Waals surface area contributed by atoms with Crippen molar-refractivity contribution in [2.45, 2.75) is 19.9 Å². The summed E-state index contributed by atoms with van der Waals surface area (Å²) in [7, 11) is 0. The van der Waals surface area contributed by atoms with Gasteiger partial charge in [-0.3, -0.25) is 0 Å². The molecule has 0 radical (unpaired) electrons. The van der Waals surface area contributed by atoms with Crippen molar-refractivity contribution in [3.63, 3.8) is 0 Å². The van der Waals surface area contributed by atoms with Crippen LogP contribution in [-0.4, -0.2) is 6.54 Å². The van der Waals surface area contributed by atoms with Gasteiger partial charge in [0.25, 0.3) is 0 Å². The number of aryl methyl sites for hydroxylation is 1. The Hall–Kier alpha value is -1.19. The van der Waals surface area contributed by atoms with Crippen LogP contribution >= 0.6 is 11.3 Å². The molecule has 0 spiro atoms. The highest BCUT2D eigenvalue weighted by molar-refractivity contribution is 7.10. The predicted molar refractivity (Wildman–Crippen MR) is 70.9 cm³/mol. The number of rotatable bonds is 5. The molecule has 1 N–H and O–H groups in total. The van der Waals surface area contributed by atoms with Crippen molar-refractivity contribution in [3.8, 4) is 0 Å². The number of benzene rings is 1. The molecule has 0 unspecified atom stereocenters. The van der Waals surface area contributed by atoms with E-state index in [2.05, 4.69) is 23.7 Å². The van der Waals surface area contributed by atoms with E-state index in [1.807, 2.05) is 12.1 Å². The summed E-state index contributed by atoms with van der Waals surface area (Å²) < 4.78 is 12.7. The van der Waals surface area contributed by atoms with E-state index in [0.717, 1.165) is 19.5 Å². The lowest BCUT2D eigenvalue weighted by molar-refractivity contribution is 0.626. The number of halogens is 1. The van der Waals surface area contributed by atoms with Gasteiger partial charge in [0.2, 0.25) is 0 Å². The second-order valence-corrected chi connectivity index (χ2v) is 5.08. The molecule has 17 heavy (non-hydrogen) atoms. The summed E-state index contributed by atoms with van der Waals surface area (Å²) in [5.74, 6) is -0.170. The summed E-state index contributed by atoms with van der Waals surface area (Å²) in [4.78, 5) is 1.39. The van der Waals surface area contributed by atoms with E-state index in [1.165, 1.54) is 28.1 Å². The molecule has 1 nitrogen and oxygen atoms in total. The van der Waals surface area contributed by atoms with Crippen molar-refractivity contribution in [2.75, 3.05) is 6.54 Å². The molecule has 0 saturated heterocycles. The van der Waals surface area contributed by atoms with Crippen LogP contribution < -0.4 is 5.32 Å². The summed E-state index contributed by atoms with van der Waals surface area (Å²) in [6.07, 6.45) is 0.935. The van der Waals surface area contributed by atoms with E-state index < -0.39 is 0 Å². The minimum atomic E-state index is -0.170. The number of nitrogens with one attached hydrogen (secondary N) is 1. The quantitative estimate of drug-likeness (QED) is 0.799. The third-order valence-electron chi connectivity index (χ3n) is 2.76. The molecule has 1 heterocycles. The first-order valence-electron chi connectivity index (χ1n) is 5.74. The normalized spacial score (nSPS) is 10.7.